The zero-order valence-corrected chi connectivity index (χ0v) is 14.1. The summed E-state index contributed by atoms with van der Waals surface area (Å²) in [7, 11) is 0. The molecule has 0 aliphatic carbocycles. The average molecular weight is 359 g/mol. The number of para-hydroxylation sites is 1. The van der Waals surface area contributed by atoms with Gasteiger partial charge in [0.15, 0.2) is 5.82 Å². The van der Waals surface area contributed by atoms with Crippen LogP contribution in [0.3, 0.4) is 0 Å². The van der Waals surface area contributed by atoms with E-state index in [0.29, 0.717) is 22.3 Å². The second kappa shape index (κ2) is 6.84. The summed E-state index contributed by atoms with van der Waals surface area (Å²) in [6, 6.07) is 21.2. The van der Waals surface area contributed by atoms with Crippen molar-refractivity contribution >= 4 is 16.8 Å². The molecule has 1 aromatic heterocycles. The van der Waals surface area contributed by atoms with Gasteiger partial charge in [-0.25, -0.2) is 9.37 Å². The fourth-order valence-electron chi connectivity index (χ4n) is 2.81. The molecule has 0 radical (unpaired) electrons. The van der Waals surface area contributed by atoms with E-state index in [1.54, 1.807) is 36.4 Å². The van der Waals surface area contributed by atoms with Crippen LogP contribution in [0.15, 0.2) is 83.7 Å². The number of amides is 1. The Balaban J connectivity index is 1.89. The summed E-state index contributed by atoms with van der Waals surface area (Å²) >= 11 is 0. The molecule has 0 saturated heterocycles. The van der Waals surface area contributed by atoms with Gasteiger partial charge in [0, 0.05) is 11.1 Å². The van der Waals surface area contributed by atoms with Gasteiger partial charge in [0.05, 0.1) is 10.9 Å². The van der Waals surface area contributed by atoms with Gasteiger partial charge in [-0.2, -0.15) is 4.68 Å². The number of aromatic nitrogens is 2. The van der Waals surface area contributed by atoms with E-state index in [9.17, 15) is 14.0 Å². The van der Waals surface area contributed by atoms with Crippen LogP contribution in [0.5, 0.6) is 0 Å². The lowest BCUT2D eigenvalue weighted by Crippen LogP contribution is -2.35. The van der Waals surface area contributed by atoms with Gasteiger partial charge in [-0.1, -0.05) is 48.5 Å². The average Bonchev–Trinajstić information content (AvgIpc) is 2.70. The van der Waals surface area contributed by atoms with E-state index >= 15 is 0 Å². The molecule has 1 heterocycles. The molecular weight excluding hydrogens is 345 g/mol. The molecule has 0 aliphatic rings. The van der Waals surface area contributed by atoms with Crippen LogP contribution >= 0.6 is 0 Å². The van der Waals surface area contributed by atoms with Gasteiger partial charge < -0.3 is 0 Å². The molecule has 4 aromatic rings. The van der Waals surface area contributed by atoms with E-state index in [1.807, 2.05) is 18.2 Å². The van der Waals surface area contributed by atoms with Crippen LogP contribution in [0.2, 0.25) is 0 Å². The maximum absolute atomic E-state index is 13.4. The van der Waals surface area contributed by atoms with E-state index < -0.39 is 17.3 Å². The highest BCUT2D eigenvalue weighted by molar-refractivity contribution is 6.00. The Morgan fingerprint density at radius 3 is 2.44 bits per heavy atom. The zero-order chi connectivity index (χ0) is 18.8. The number of nitrogens with zero attached hydrogens (tertiary/aromatic N) is 2. The number of nitrogens with one attached hydrogen (secondary N) is 1. The highest BCUT2D eigenvalue weighted by atomic mass is 19.1. The molecule has 5 nitrogen and oxygen atoms in total. The SMILES string of the molecule is O=C(Nn1c(-c2ccccc2)nc2ccccc2c1=O)c1cccc(F)c1. The first kappa shape index (κ1) is 16.7. The normalized spacial score (nSPS) is 10.7. The first-order chi connectivity index (χ1) is 13.1. The van der Waals surface area contributed by atoms with E-state index in [-0.39, 0.29) is 5.56 Å². The molecular formula is C21H14FN3O2. The summed E-state index contributed by atoms with van der Waals surface area (Å²) in [5, 5.41) is 0.372. The predicted molar refractivity (Wildman–Crippen MR) is 102 cm³/mol. The lowest BCUT2D eigenvalue weighted by molar-refractivity contribution is 0.101. The largest absolute Gasteiger partial charge is 0.280 e. The summed E-state index contributed by atoms with van der Waals surface area (Å²) in [6.07, 6.45) is 0. The molecule has 0 bridgehead atoms. The van der Waals surface area contributed by atoms with Crippen molar-refractivity contribution in [1.82, 2.24) is 9.66 Å². The third kappa shape index (κ3) is 3.20. The van der Waals surface area contributed by atoms with E-state index in [2.05, 4.69) is 10.4 Å². The van der Waals surface area contributed by atoms with Crippen LogP contribution in [0.1, 0.15) is 10.4 Å². The Labute approximate surface area is 153 Å². The summed E-state index contributed by atoms with van der Waals surface area (Å²) in [4.78, 5) is 30.1. The number of fused-ring (bicyclic) bond motifs is 1. The number of rotatable bonds is 3. The third-order valence-corrected chi connectivity index (χ3v) is 4.11. The Kier molecular flexibility index (Phi) is 4.22. The van der Waals surface area contributed by atoms with Crippen molar-refractivity contribution in [3.05, 3.63) is 101 Å². The molecule has 4 rings (SSSR count). The highest BCUT2D eigenvalue weighted by Crippen LogP contribution is 2.18. The number of benzene rings is 3. The van der Waals surface area contributed by atoms with Crippen LogP contribution in [-0.4, -0.2) is 15.6 Å². The van der Waals surface area contributed by atoms with Crippen molar-refractivity contribution in [2.45, 2.75) is 0 Å². The second-order valence-electron chi connectivity index (χ2n) is 5.91. The van der Waals surface area contributed by atoms with E-state index in [1.165, 1.54) is 18.2 Å². The molecule has 6 heteroatoms. The fraction of sp³-hybridized carbons (Fsp3) is 0. The summed E-state index contributed by atoms with van der Waals surface area (Å²) < 4.78 is 14.5. The number of carbonyl (C=O) groups excluding carboxylic acids is 1. The molecule has 0 fully saturated rings. The first-order valence-corrected chi connectivity index (χ1v) is 8.27. The molecule has 1 N–H and O–H groups in total. The van der Waals surface area contributed by atoms with Crippen LogP contribution < -0.4 is 11.0 Å². The van der Waals surface area contributed by atoms with Gasteiger partial charge >= 0.3 is 0 Å². The zero-order valence-electron chi connectivity index (χ0n) is 14.1. The minimum absolute atomic E-state index is 0.106. The monoisotopic (exact) mass is 359 g/mol. The van der Waals surface area contributed by atoms with Gasteiger partial charge in [0.1, 0.15) is 5.82 Å². The topological polar surface area (TPSA) is 64.0 Å². The molecule has 0 saturated carbocycles. The molecule has 132 valence electrons. The van der Waals surface area contributed by atoms with Crippen molar-refractivity contribution < 1.29 is 9.18 Å². The molecule has 0 unspecified atom stereocenters. The van der Waals surface area contributed by atoms with Crippen molar-refractivity contribution in [2.75, 3.05) is 5.43 Å². The molecule has 27 heavy (non-hydrogen) atoms. The second-order valence-corrected chi connectivity index (χ2v) is 5.91. The molecule has 1 amide bonds. The fourth-order valence-corrected chi connectivity index (χ4v) is 2.81. The summed E-state index contributed by atoms with van der Waals surface area (Å²) in [5.74, 6) is -0.843. The summed E-state index contributed by atoms with van der Waals surface area (Å²) in [5.41, 5.74) is 3.43. The van der Waals surface area contributed by atoms with Gasteiger partial charge in [-0.05, 0) is 30.3 Å². The Bertz CT molecular complexity index is 1200. The maximum atomic E-state index is 13.4. The number of halogens is 1. The summed E-state index contributed by atoms with van der Waals surface area (Å²) in [6.45, 7) is 0. The smallest absolute Gasteiger partial charge is 0.267 e. The van der Waals surface area contributed by atoms with Crippen LogP contribution in [0, 0.1) is 5.82 Å². The first-order valence-electron chi connectivity index (χ1n) is 8.27. The lowest BCUT2D eigenvalue weighted by Gasteiger charge is -2.14. The van der Waals surface area contributed by atoms with Gasteiger partial charge in [0.2, 0.25) is 0 Å². The van der Waals surface area contributed by atoms with Crippen molar-refractivity contribution in [2.24, 2.45) is 0 Å². The van der Waals surface area contributed by atoms with Crippen molar-refractivity contribution in [1.29, 1.82) is 0 Å². The Hall–Kier alpha value is -3.80. The quantitative estimate of drug-likeness (QED) is 0.608. The Morgan fingerprint density at radius 1 is 0.926 bits per heavy atom. The van der Waals surface area contributed by atoms with Gasteiger partial charge in [-0.3, -0.25) is 15.0 Å². The van der Waals surface area contributed by atoms with Gasteiger partial charge in [-0.15, -0.1) is 0 Å². The lowest BCUT2D eigenvalue weighted by atomic mass is 10.2. The number of carbonyl (C=O) groups is 1. The van der Waals surface area contributed by atoms with Crippen molar-refractivity contribution in [3.8, 4) is 11.4 Å². The van der Waals surface area contributed by atoms with Gasteiger partial charge in [0.25, 0.3) is 11.5 Å². The van der Waals surface area contributed by atoms with Crippen molar-refractivity contribution in [3.63, 3.8) is 0 Å². The van der Waals surface area contributed by atoms with Crippen LogP contribution in [0.25, 0.3) is 22.3 Å². The molecule has 0 spiro atoms. The highest BCUT2D eigenvalue weighted by Gasteiger charge is 2.16. The molecule has 3 aromatic carbocycles. The predicted octanol–water partition coefficient (Wildman–Crippen LogP) is 3.59. The number of hydrogen-bond donors (Lipinski definition) is 1. The third-order valence-electron chi connectivity index (χ3n) is 4.11. The maximum Gasteiger partial charge on any atom is 0.280 e. The molecule has 0 aliphatic heterocycles. The standard InChI is InChI=1S/C21H14FN3O2/c22-16-10-6-9-15(13-16)20(26)24-25-19(14-7-2-1-3-8-14)23-18-12-5-4-11-17(18)21(25)27/h1-13H,(H,24,26). The minimum atomic E-state index is -0.606. The molecule has 0 atom stereocenters. The van der Waals surface area contributed by atoms with E-state index in [4.69, 9.17) is 0 Å². The van der Waals surface area contributed by atoms with E-state index in [0.717, 1.165) is 10.7 Å². The minimum Gasteiger partial charge on any atom is -0.267 e. The van der Waals surface area contributed by atoms with Crippen LogP contribution in [0.4, 0.5) is 4.39 Å². The number of hydrogen-bond acceptors (Lipinski definition) is 3. The Morgan fingerprint density at radius 2 is 1.67 bits per heavy atom. The van der Waals surface area contributed by atoms with Crippen LogP contribution in [-0.2, 0) is 0 Å².